The lowest BCUT2D eigenvalue weighted by Gasteiger charge is -2.32. The molecule has 2 rings (SSSR count). The SMILES string of the molecule is CS(=O)(=O)N1CCc2ccccc2C1C(=O)O. The maximum absolute atomic E-state index is 11.6. The fourth-order valence-corrected chi connectivity index (χ4v) is 3.17. The van der Waals surface area contributed by atoms with Crippen LogP contribution in [0.4, 0.5) is 0 Å². The molecule has 6 heteroatoms. The molecule has 0 amide bonds. The number of nitrogens with zero attached hydrogens (tertiary/aromatic N) is 1. The number of hydrogen-bond donors (Lipinski definition) is 1. The van der Waals surface area contributed by atoms with E-state index < -0.39 is 22.0 Å². The molecule has 1 aromatic rings. The van der Waals surface area contributed by atoms with Crippen LogP contribution in [0.3, 0.4) is 0 Å². The Balaban J connectivity index is 2.54. The summed E-state index contributed by atoms with van der Waals surface area (Å²) in [5, 5.41) is 9.21. The number of carboxylic acids is 1. The monoisotopic (exact) mass is 255 g/mol. The zero-order valence-electron chi connectivity index (χ0n) is 9.33. The molecule has 1 N–H and O–H groups in total. The second kappa shape index (κ2) is 4.12. The lowest BCUT2D eigenvalue weighted by Crippen LogP contribution is -2.42. The van der Waals surface area contributed by atoms with Gasteiger partial charge in [0.05, 0.1) is 6.26 Å². The number of benzene rings is 1. The Bertz CT molecular complexity index is 552. The molecule has 0 aliphatic carbocycles. The van der Waals surface area contributed by atoms with Gasteiger partial charge in [-0.05, 0) is 17.5 Å². The van der Waals surface area contributed by atoms with E-state index in [0.717, 1.165) is 16.1 Å². The van der Waals surface area contributed by atoms with Crippen molar-refractivity contribution >= 4 is 16.0 Å². The molecule has 1 atom stereocenters. The summed E-state index contributed by atoms with van der Waals surface area (Å²) in [6.07, 6.45) is 1.59. The second-order valence-electron chi connectivity index (χ2n) is 4.06. The van der Waals surface area contributed by atoms with E-state index in [-0.39, 0.29) is 6.54 Å². The molecule has 0 bridgehead atoms. The van der Waals surface area contributed by atoms with Crippen LogP contribution in [0, 0.1) is 0 Å². The van der Waals surface area contributed by atoms with Crippen LogP contribution >= 0.6 is 0 Å². The fourth-order valence-electron chi connectivity index (χ4n) is 2.16. The molecule has 92 valence electrons. The van der Waals surface area contributed by atoms with Crippen molar-refractivity contribution in [2.24, 2.45) is 0 Å². The van der Waals surface area contributed by atoms with Gasteiger partial charge in [-0.15, -0.1) is 0 Å². The van der Waals surface area contributed by atoms with Crippen molar-refractivity contribution in [3.05, 3.63) is 35.4 Å². The number of sulfonamides is 1. The fraction of sp³-hybridized carbons (Fsp3) is 0.364. The summed E-state index contributed by atoms with van der Waals surface area (Å²) in [7, 11) is -3.51. The number of carbonyl (C=O) groups is 1. The minimum Gasteiger partial charge on any atom is -0.480 e. The van der Waals surface area contributed by atoms with Gasteiger partial charge in [0.2, 0.25) is 10.0 Å². The molecule has 17 heavy (non-hydrogen) atoms. The molecule has 0 radical (unpaired) electrons. The molecule has 0 fully saturated rings. The van der Waals surface area contributed by atoms with Crippen LogP contribution < -0.4 is 0 Å². The molecule has 1 heterocycles. The van der Waals surface area contributed by atoms with Gasteiger partial charge in [0, 0.05) is 6.54 Å². The van der Waals surface area contributed by atoms with Gasteiger partial charge >= 0.3 is 5.97 Å². The van der Waals surface area contributed by atoms with E-state index in [4.69, 9.17) is 0 Å². The molecular formula is C11H13NO4S. The first kappa shape index (κ1) is 12.1. The number of rotatable bonds is 2. The first-order valence-electron chi connectivity index (χ1n) is 5.18. The van der Waals surface area contributed by atoms with Crippen molar-refractivity contribution in [1.82, 2.24) is 4.31 Å². The molecule has 0 spiro atoms. The molecule has 0 saturated heterocycles. The zero-order valence-corrected chi connectivity index (χ0v) is 10.1. The van der Waals surface area contributed by atoms with Crippen LogP contribution in [0.15, 0.2) is 24.3 Å². The summed E-state index contributed by atoms with van der Waals surface area (Å²) >= 11 is 0. The quantitative estimate of drug-likeness (QED) is 0.841. The third-order valence-corrected chi connectivity index (χ3v) is 4.14. The van der Waals surface area contributed by atoms with Gasteiger partial charge in [0.25, 0.3) is 0 Å². The van der Waals surface area contributed by atoms with Crippen LogP contribution in [0.5, 0.6) is 0 Å². The molecule has 1 aliphatic heterocycles. The highest BCUT2D eigenvalue weighted by Gasteiger charge is 2.37. The number of carboxylic acid groups (broad SMARTS) is 1. The number of fused-ring (bicyclic) bond motifs is 1. The van der Waals surface area contributed by atoms with Crippen molar-refractivity contribution in [1.29, 1.82) is 0 Å². The van der Waals surface area contributed by atoms with Gasteiger partial charge in [-0.2, -0.15) is 4.31 Å². The first-order valence-corrected chi connectivity index (χ1v) is 7.03. The summed E-state index contributed by atoms with van der Waals surface area (Å²) in [4.78, 5) is 11.3. The van der Waals surface area contributed by atoms with E-state index in [1.807, 2.05) is 12.1 Å². The molecule has 5 nitrogen and oxygen atoms in total. The predicted octanol–water partition coefficient (Wildman–Crippen LogP) is 0.630. The number of hydrogen-bond acceptors (Lipinski definition) is 3. The zero-order chi connectivity index (χ0) is 12.6. The van der Waals surface area contributed by atoms with E-state index in [2.05, 4.69) is 0 Å². The Morgan fingerprint density at radius 3 is 2.65 bits per heavy atom. The van der Waals surface area contributed by atoms with Gasteiger partial charge in [-0.3, -0.25) is 4.79 Å². The molecule has 0 saturated carbocycles. The Morgan fingerprint density at radius 1 is 1.41 bits per heavy atom. The predicted molar refractivity (Wildman–Crippen MR) is 62.1 cm³/mol. The van der Waals surface area contributed by atoms with Gasteiger partial charge < -0.3 is 5.11 Å². The standard InChI is InChI=1S/C11H13NO4S/c1-17(15,16)12-7-6-8-4-2-3-5-9(8)10(12)11(13)14/h2-5,10H,6-7H2,1H3,(H,13,14). The molecule has 1 aromatic carbocycles. The maximum Gasteiger partial charge on any atom is 0.326 e. The smallest absolute Gasteiger partial charge is 0.326 e. The first-order chi connectivity index (χ1) is 7.91. The summed E-state index contributed by atoms with van der Waals surface area (Å²) in [5.74, 6) is -1.14. The third kappa shape index (κ3) is 2.18. The Labute approximate surface area is 99.7 Å². The number of aliphatic carboxylic acids is 1. The van der Waals surface area contributed by atoms with Gasteiger partial charge in [0.1, 0.15) is 6.04 Å². The molecule has 0 aromatic heterocycles. The van der Waals surface area contributed by atoms with E-state index in [9.17, 15) is 18.3 Å². The minimum atomic E-state index is -3.51. The average Bonchev–Trinajstić information content (AvgIpc) is 2.26. The lowest BCUT2D eigenvalue weighted by atomic mass is 9.94. The van der Waals surface area contributed by atoms with Crippen LogP contribution in [0.1, 0.15) is 17.2 Å². The average molecular weight is 255 g/mol. The van der Waals surface area contributed by atoms with Crippen molar-refractivity contribution < 1.29 is 18.3 Å². The summed E-state index contributed by atoms with van der Waals surface area (Å²) in [6, 6.07) is 5.96. The minimum absolute atomic E-state index is 0.215. The molecule has 1 aliphatic rings. The largest absolute Gasteiger partial charge is 0.480 e. The summed E-state index contributed by atoms with van der Waals surface area (Å²) < 4.78 is 24.2. The van der Waals surface area contributed by atoms with E-state index in [1.54, 1.807) is 12.1 Å². The van der Waals surface area contributed by atoms with Crippen molar-refractivity contribution in [3.63, 3.8) is 0 Å². The van der Waals surface area contributed by atoms with E-state index >= 15 is 0 Å². The second-order valence-corrected chi connectivity index (χ2v) is 6.00. The lowest BCUT2D eigenvalue weighted by molar-refractivity contribution is -0.142. The maximum atomic E-state index is 11.6. The Kier molecular flexibility index (Phi) is 2.92. The highest BCUT2D eigenvalue weighted by molar-refractivity contribution is 7.88. The third-order valence-electron chi connectivity index (χ3n) is 2.90. The van der Waals surface area contributed by atoms with Crippen LogP contribution in [0.25, 0.3) is 0 Å². The molecule has 1 unspecified atom stereocenters. The van der Waals surface area contributed by atoms with Crippen LogP contribution in [0.2, 0.25) is 0 Å². The van der Waals surface area contributed by atoms with Crippen molar-refractivity contribution in [3.8, 4) is 0 Å². The highest BCUT2D eigenvalue weighted by atomic mass is 32.2. The van der Waals surface area contributed by atoms with E-state index in [1.165, 1.54) is 0 Å². The summed E-state index contributed by atoms with van der Waals surface area (Å²) in [5.41, 5.74) is 1.47. The Hall–Kier alpha value is -1.40. The normalized spacial score (nSPS) is 20.9. The van der Waals surface area contributed by atoms with Crippen LogP contribution in [-0.2, 0) is 21.2 Å². The van der Waals surface area contributed by atoms with Crippen LogP contribution in [-0.4, -0.2) is 36.6 Å². The van der Waals surface area contributed by atoms with Gasteiger partial charge in [0.15, 0.2) is 0 Å². The Morgan fingerprint density at radius 2 is 2.06 bits per heavy atom. The topological polar surface area (TPSA) is 74.7 Å². The molecular weight excluding hydrogens is 242 g/mol. The summed E-state index contributed by atoms with van der Waals surface area (Å²) in [6.45, 7) is 0.215. The van der Waals surface area contributed by atoms with Crippen molar-refractivity contribution in [2.45, 2.75) is 12.5 Å². The van der Waals surface area contributed by atoms with Gasteiger partial charge in [-0.25, -0.2) is 8.42 Å². The van der Waals surface area contributed by atoms with Crippen molar-refractivity contribution in [2.75, 3.05) is 12.8 Å². The highest BCUT2D eigenvalue weighted by Crippen LogP contribution is 2.31. The van der Waals surface area contributed by atoms with E-state index in [0.29, 0.717) is 12.0 Å². The van der Waals surface area contributed by atoms with Gasteiger partial charge in [-0.1, -0.05) is 24.3 Å².